The molecule has 20 heavy (non-hydrogen) atoms. The fraction of sp³-hybridized carbons (Fsp3) is 0.0625. The lowest BCUT2D eigenvalue weighted by molar-refractivity contribution is 0.0601. The molecule has 0 aliphatic carbocycles. The maximum Gasteiger partial charge on any atom is 0.337 e. The van der Waals surface area contributed by atoms with Crippen molar-refractivity contribution in [1.29, 1.82) is 0 Å². The van der Waals surface area contributed by atoms with Crippen LogP contribution in [0.3, 0.4) is 0 Å². The lowest BCUT2D eigenvalue weighted by Gasteiger charge is -2.02. The Kier molecular flexibility index (Phi) is 4.83. The molecule has 0 amide bonds. The topological polar surface area (TPSA) is 26.3 Å². The number of hydrogen-bond acceptors (Lipinski definition) is 2. The lowest BCUT2D eigenvalue weighted by atomic mass is 10.1. The number of carbonyl (C=O) groups is 1. The summed E-state index contributed by atoms with van der Waals surface area (Å²) in [5.41, 5.74) is 2.22. The molecule has 0 bridgehead atoms. The zero-order valence-corrected chi connectivity index (χ0v) is 12.3. The van der Waals surface area contributed by atoms with Gasteiger partial charge < -0.3 is 4.74 Å². The quantitative estimate of drug-likeness (QED) is 0.592. The first-order valence-corrected chi connectivity index (χ1v) is 6.68. The average Bonchev–Trinajstić information content (AvgIpc) is 2.46. The van der Waals surface area contributed by atoms with Gasteiger partial charge in [0.25, 0.3) is 0 Å². The maximum absolute atomic E-state index is 11.3. The minimum absolute atomic E-state index is 0.352. The Labute approximate surface area is 127 Å². The summed E-state index contributed by atoms with van der Waals surface area (Å²) < 4.78 is 4.65. The van der Waals surface area contributed by atoms with E-state index in [4.69, 9.17) is 23.2 Å². The Morgan fingerprint density at radius 1 is 1.00 bits per heavy atom. The Balaban J connectivity index is 2.22. The third-order valence-electron chi connectivity index (χ3n) is 2.77. The van der Waals surface area contributed by atoms with Crippen molar-refractivity contribution in [2.75, 3.05) is 7.11 Å². The van der Waals surface area contributed by atoms with Gasteiger partial charge >= 0.3 is 5.97 Å². The van der Waals surface area contributed by atoms with Crippen LogP contribution in [0.15, 0.2) is 42.5 Å². The first kappa shape index (κ1) is 14.6. The first-order valence-electron chi connectivity index (χ1n) is 5.92. The predicted octanol–water partition coefficient (Wildman–Crippen LogP) is 4.95. The molecule has 102 valence electrons. The van der Waals surface area contributed by atoms with Crippen molar-refractivity contribution < 1.29 is 9.53 Å². The fourth-order valence-electron chi connectivity index (χ4n) is 1.70. The minimum atomic E-state index is -0.352. The van der Waals surface area contributed by atoms with E-state index in [9.17, 15) is 4.79 Å². The monoisotopic (exact) mass is 306 g/mol. The van der Waals surface area contributed by atoms with Gasteiger partial charge in [0.1, 0.15) is 0 Å². The molecule has 4 heteroatoms. The number of benzene rings is 2. The van der Waals surface area contributed by atoms with E-state index in [1.165, 1.54) is 7.11 Å². The zero-order chi connectivity index (χ0) is 14.5. The SMILES string of the molecule is COC(=O)c1ccc(C=Cc2c(Cl)cccc2Cl)cc1. The van der Waals surface area contributed by atoms with Gasteiger partial charge in [-0.3, -0.25) is 0 Å². The highest BCUT2D eigenvalue weighted by molar-refractivity contribution is 6.37. The number of esters is 1. The third-order valence-corrected chi connectivity index (χ3v) is 3.43. The van der Waals surface area contributed by atoms with Gasteiger partial charge in [-0.25, -0.2) is 4.79 Å². The highest BCUT2D eigenvalue weighted by Gasteiger charge is 2.04. The van der Waals surface area contributed by atoms with Gasteiger partial charge in [-0.2, -0.15) is 0 Å². The van der Waals surface area contributed by atoms with Crippen molar-refractivity contribution in [3.8, 4) is 0 Å². The number of hydrogen-bond donors (Lipinski definition) is 0. The van der Waals surface area contributed by atoms with E-state index < -0.39 is 0 Å². The van der Waals surface area contributed by atoms with E-state index in [1.807, 2.05) is 24.3 Å². The molecule has 0 radical (unpaired) electrons. The Bertz CT molecular complexity index is 626. The number of ether oxygens (including phenoxy) is 1. The van der Waals surface area contributed by atoms with Crippen molar-refractivity contribution >= 4 is 41.3 Å². The summed E-state index contributed by atoms with van der Waals surface area (Å²) in [6, 6.07) is 12.4. The molecule has 0 fully saturated rings. The highest BCUT2D eigenvalue weighted by atomic mass is 35.5. The van der Waals surface area contributed by atoms with Crippen LogP contribution in [0, 0.1) is 0 Å². The Morgan fingerprint density at radius 3 is 2.15 bits per heavy atom. The van der Waals surface area contributed by atoms with Crippen LogP contribution in [0.25, 0.3) is 12.2 Å². The van der Waals surface area contributed by atoms with E-state index in [0.717, 1.165) is 11.1 Å². The van der Waals surface area contributed by atoms with E-state index in [2.05, 4.69) is 4.74 Å². The van der Waals surface area contributed by atoms with Gasteiger partial charge in [0, 0.05) is 15.6 Å². The summed E-state index contributed by atoms with van der Waals surface area (Å²) in [6.45, 7) is 0. The van der Waals surface area contributed by atoms with Crippen molar-refractivity contribution in [3.05, 3.63) is 69.2 Å². The summed E-state index contributed by atoms with van der Waals surface area (Å²) in [6.07, 6.45) is 3.73. The summed E-state index contributed by atoms with van der Waals surface area (Å²) in [7, 11) is 1.36. The molecule has 0 N–H and O–H groups in total. The summed E-state index contributed by atoms with van der Waals surface area (Å²) >= 11 is 12.2. The second-order valence-electron chi connectivity index (χ2n) is 4.08. The third kappa shape index (κ3) is 3.41. The van der Waals surface area contributed by atoms with Crippen LogP contribution in [-0.2, 0) is 4.74 Å². The molecule has 0 heterocycles. The molecule has 0 aliphatic heterocycles. The second-order valence-corrected chi connectivity index (χ2v) is 4.90. The Hall–Kier alpha value is -1.77. The molecule has 0 aromatic heterocycles. The van der Waals surface area contributed by atoms with Gasteiger partial charge in [-0.15, -0.1) is 0 Å². The van der Waals surface area contributed by atoms with E-state index in [-0.39, 0.29) is 5.97 Å². The van der Waals surface area contributed by atoms with Crippen molar-refractivity contribution in [2.45, 2.75) is 0 Å². The molecule has 2 aromatic carbocycles. The van der Waals surface area contributed by atoms with E-state index >= 15 is 0 Å². The van der Waals surface area contributed by atoms with Crippen LogP contribution in [0.5, 0.6) is 0 Å². The van der Waals surface area contributed by atoms with Crippen LogP contribution in [0.4, 0.5) is 0 Å². The number of halogens is 2. The summed E-state index contributed by atoms with van der Waals surface area (Å²) in [5, 5.41) is 1.19. The second kappa shape index (κ2) is 6.60. The fourth-order valence-corrected chi connectivity index (χ4v) is 2.22. The van der Waals surface area contributed by atoms with Gasteiger partial charge in [0.15, 0.2) is 0 Å². The molecule has 0 unspecified atom stereocenters. The number of carbonyl (C=O) groups excluding carboxylic acids is 1. The first-order chi connectivity index (χ1) is 9.61. The van der Waals surface area contributed by atoms with Gasteiger partial charge in [0.2, 0.25) is 0 Å². The molecule has 0 saturated heterocycles. The standard InChI is InChI=1S/C16H12Cl2O2/c1-20-16(19)12-8-5-11(6-9-12)7-10-13-14(17)3-2-4-15(13)18/h2-10H,1H3. The molecule has 2 aromatic rings. The largest absolute Gasteiger partial charge is 0.465 e. The zero-order valence-electron chi connectivity index (χ0n) is 10.8. The molecule has 0 atom stereocenters. The van der Waals surface area contributed by atoms with E-state index in [1.54, 1.807) is 30.3 Å². The number of rotatable bonds is 3. The summed E-state index contributed by atoms with van der Waals surface area (Å²) in [4.78, 5) is 11.3. The van der Waals surface area contributed by atoms with Crippen molar-refractivity contribution in [2.24, 2.45) is 0 Å². The van der Waals surface area contributed by atoms with Crippen LogP contribution >= 0.6 is 23.2 Å². The molecule has 0 saturated carbocycles. The van der Waals surface area contributed by atoms with Crippen LogP contribution in [0.1, 0.15) is 21.5 Å². The van der Waals surface area contributed by atoms with Crippen LogP contribution in [0.2, 0.25) is 10.0 Å². The van der Waals surface area contributed by atoms with Crippen molar-refractivity contribution in [1.82, 2.24) is 0 Å². The molecular formula is C16H12Cl2O2. The number of methoxy groups -OCH3 is 1. The van der Waals surface area contributed by atoms with Gasteiger partial charge in [-0.1, -0.05) is 53.6 Å². The van der Waals surface area contributed by atoms with Gasteiger partial charge in [0.05, 0.1) is 12.7 Å². The van der Waals surface area contributed by atoms with E-state index in [0.29, 0.717) is 15.6 Å². The average molecular weight is 307 g/mol. The predicted molar refractivity (Wildman–Crippen MR) is 83.2 cm³/mol. The molecule has 0 aliphatic rings. The minimum Gasteiger partial charge on any atom is -0.465 e. The van der Waals surface area contributed by atoms with Crippen LogP contribution < -0.4 is 0 Å². The lowest BCUT2D eigenvalue weighted by Crippen LogP contribution is -2.00. The molecular weight excluding hydrogens is 295 g/mol. The smallest absolute Gasteiger partial charge is 0.337 e. The summed E-state index contributed by atoms with van der Waals surface area (Å²) in [5.74, 6) is -0.352. The van der Waals surface area contributed by atoms with Gasteiger partial charge in [-0.05, 0) is 29.8 Å². The highest BCUT2D eigenvalue weighted by Crippen LogP contribution is 2.26. The van der Waals surface area contributed by atoms with Crippen LogP contribution in [-0.4, -0.2) is 13.1 Å². The Morgan fingerprint density at radius 2 is 1.60 bits per heavy atom. The molecule has 2 nitrogen and oxygen atoms in total. The van der Waals surface area contributed by atoms with Crippen molar-refractivity contribution in [3.63, 3.8) is 0 Å². The normalized spacial score (nSPS) is 10.8. The molecule has 0 spiro atoms. The maximum atomic E-state index is 11.3. The molecule has 2 rings (SSSR count).